The number of rotatable bonds is 5. The molecule has 7 nitrogen and oxygen atoms in total. The molecule has 0 aliphatic heterocycles. The molecule has 0 saturated carbocycles. The van der Waals surface area contributed by atoms with E-state index in [-0.39, 0.29) is 35.9 Å². The smallest absolute Gasteiger partial charge is 0.371 e. The van der Waals surface area contributed by atoms with Gasteiger partial charge in [-0.25, -0.2) is 4.79 Å². The number of hydrogen-bond donors (Lipinski definition) is 3. The van der Waals surface area contributed by atoms with Gasteiger partial charge in [0.25, 0.3) is 5.91 Å². The van der Waals surface area contributed by atoms with E-state index < -0.39 is 11.9 Å². The minimum Gasteiger partial charge on any atom is -0.475 e. The molecule has 0 bridgehead atoms. The van der Waals surface area contributed by atoms with Gasteiger partial charge in [0.15, 0.2) is 5.76 Å². The lowest BCUT2D eigenvalue weighted by molar-refractivity contribution is -0.122. The Morgan fingerprint density at radius 2 is 1.80 bits per heavy atom. The quantitative estimate of drug-likeness (QED) is 0.747. The maximum Gasteiger partial charge on any atom is 0.371 e. The Labute approximate surface area is 116 Å². The van der Waals surface area contributed by atoms with Crippen molar-refractivity contribution in [3.63, 3.8) is 0 Å². The summed E-state index contributed by atoms with van der Waals surface area (Å²) in [4.78, 5) is 33.7. The Bertz CT molecular complexity index is 513. The van der Waals surface area contributed by atoms with E-state index in [0.29, 0.717) is 0 Å². The lowest BCUT2D eigenvalue weighted by Gasteiger charge is -2.20. The second-order valence-electron chi connectivity index (χ2n) is 5.27. The molecular weight excluding hydrogens is 264 g/mol. The van der Waals surface area contributed by atoms with Crippen molar-refractivity contribution < 1.29 is 23.9 Å². The molecule has 1 aromatic rings. The van der Waals surface area contributed by atoms with Crippen molar-refractivity contribution in [2.24, 2.45) is 0 Å². The Balaban J connectivity index is 2.40. The normalized spacial score (nSPS) is 10.9. The first-order valence-electron chi connectivity index (χ1n) is 6.11. The van der Waals surface area contributed by atoms with Crippen LogP contribution < -0.4 is 10.6 Å². The number of aromatic carboxylic acids is 1. The van der Waals surface area contributed by atoms with Crippen molar-refractivity contribution in [1.82, 2.24) is 10.6 Å². The Morgan fingerprint density at radius 1 is 1.20 bits per heavy atom. The first-order chi connectivity index (χ1) is 9.19. The number of carboxylic acid groups (broad SMARTS) is 1. The van der Waals surface area contributed by atoms with Gasteiger partial charge in [-0.05, 0) is 32.9 Å². The van der Waals surface area contributed by atoms with Crippen LogP contribution in [0.2, 0.25) is 0 Å². The second-order valence-corrected chi connectivity index (χ2v) is 5.27. The number of carbonyl (C=O) groups is 3. The van der Waals surface area contributed by atoms with E-state index >= 15 is 0 Å². The molecule has 0 fully saturated rings. The summed E-state index contributed by atoms with van der Waals surface area (Å²) in [6.45, 7) is 5.73. The highest BCUT2D eigenvalue weighted by molar-refractivity contribution is 5.93. The summed E-state index contributed by atoms with van der Waals surface area (Å²) >= 11 is 0. The summed E-state index contributed by atoms with van der Waals surface area (Å²) in [7, 11) is 0. The highest BCUT2D eigenvalue weighted by Gasteiger charge is 2.16. The van der Waals surface area contributed by atoms with Gasteiger partial charge in [-0.15, -0.1) is 0 Å². The molecule has 7 heteroatoms. The van der Waals surface area contributed by atoms with Crippen LogP contribution in [0, 0.1) is 0 Å². The largest absolute Gasteiger partial charge is 0.475 e. The molecule has 1 heterocycles. The monoisotopic (exact) mass is 282 g/mol. The standard InChI is InChI=1S/C13H18N2O5/c1-13(2,3)15-10(16)6-7-14-11(17)8-4-5-9(20-8)12(18)19/h4-5H,6-7H2,1-3H3,(H,14,17)(H,15,16)(H,18,19). The van der Waals surface area contributed by atoms with Crippen LogP contribution in [0.25, 0.3) is 0 Å². The van der Waals surface area contributed by atoms with Gasteiger partial charge in [0.05, 0.1) is 0 Å². The van der Waals surface area contributed by atoms with Crippen molar-refractivity contribution in [1.29, 1.82) is 0 Å². The first kappa shape index (κ1) is 15.7. The van der Waals surface area contributed by atoms with Crippen molar-refractivity contribution in [2.75, 3.05) is 6.54 Å². The summed E-state index contributed by atoms with van der Waals surface area (Å²) in [6, 6.07) is 2.47. The van der Waals surface area contributed by atoms with Crippen molar-refractivity contribution in [3.05, 3.63) is 23.7 Å². The molecule has 2 amide bonds. The third-order valence-corrected chi connectivity index (χ3v) is 2.19. The topological polar surface area (TPSA) is 109 Å². The molecule has 0 atom stereocenters. The lowest BCUT2D eigenvalue weighted by atomic mass is 10.1. The number of hydrogen-bond acceptors (Lipinski definition) is 4. The van der Waals surface area contributed by atoms with Gasteiger partial charge in [-0.1, -0.05) is 0 Å². The molecule has 0 aromatic carbocycles. The van der Waals surface area contributed by atoms with Gasteiger partial charge in [0.1, 0.15) is 0 Å². The fourth-order valence-corrected chi connectivity index (χ4v) is 1.43. The summed E-state index contributed by atoms with van der Waals surface area (Å²) < 4.78 is 4.83. The van der Waals surface area contributed by atoms with E-state index in [1.54, 1.807) is 0 Å². The van der Waals surface area contributed by atoms with Gasteiger partial charge in [-0.2, -0.15) is 0 Å². The molecule has 0 saturated heterocycles. The van der Waals surface area contributed by atoms with Crippen LogP contribution in [-0.4, -0.2) is 35.0 Å². The average Bonchev–Trinajstić information content (AvgIpc) is 2.75. The zero-order chi connectivity index (χ0) is 15.3. The Hall–Kier alpha value is -2.31. The zero-order valence-corrected chi connectivity index (χ0v) is 11.6. The Morgan fingerprint density at radius 3 is 2.30 bits per heavy atom. The lowest BCUT2D eigenvalue weighted by Crippen LogP contribution is -2.41. The van der Waals surface area contributed by atoms with Crippen LogP contribution in [0.15, 0.2) is 16.5 Å². The summed E-state index contributed by atoms with van der Waals surface area (Å²) in [5, 5.41) is 13.9. The minimum absolute atomic E-state index is 0.0985. The van der Waals surface area contributed by atoms with Gasteiger partial charge < -0.3 is 20.2 Å². The van der Waals surface area contributed by atoms with Crippen LogP contribution in [0.5, 0.6) is 0 Å². The summed E-state index contributed by atoms with van der Waals surface area (Å²) in [6.07, 6.45) is 0.134. The highest BCUT2D eigenvalue weighted by Crippen LogP contribution is 2.07. The average molecular weight is 282 g/mol. The SMILES string of the molecule is CC(C)(C)NC(=O)CCNC(=O)c1ccc(C(=O)O)o1. The minimum atomic E-state index is -1.24. The Kier molecular flexibility index (Phi) is 4.90. The molecule has 0 unspecified atom stereocenters. The maximum absolute atomic E-state index is 11.6. The van der Waals surface area contributed by atoms with Gasteiger partial charge in [0.2, 0.25) is 11.7 Å². The fourth-order valence-electron chi connectivity index (χ4n) is 1.43. The first-order valence-corrected chi connectivity index (χ1v) is 6.11. The van der Waals surface area contributed by atoms with E-state index in [0.717, 1.165) is 0 Å². The van der Waals surface area contributed by atoms with Crippen molar-refractivity contribution in [2.45, 2.75) is 32.7 Å². The predicted molar refractivity (Wildman–Crippen MR) is 70.5 cm³/mol. The van der Waals surface area contributed by atoms with Crippen molar-refractivity contribution >= 4 is 17.8 Å². The molecule has 20 heavy (non-hydrogen) atoms. The highest BCUT2D eigenvalue weighted by atomic mass is 16.4. The molecule has 0 aliphatic carbocycles. The molecule has 110 valence electrons. The van der Waals surface area contributed by atoms with Crippen LogP contribution in [0.1, 0.15) is 48.3 Å². The molecular formula is C13H18N2O5. The zero-order valence-electron chi connectivity index (χ0n) is 11.6. The number of nitrogens with one attached hydrogen (secondary N) is 2. The van der Waals surface area contributed by atoms with E-state index in [1.165, 1.54) is 12.1 Å². The van der Waals surface area contributed by atoms with E-state index in [4.69, 9.17) is 9.52 Å². The molecule has 0 spiro atoms. The van der Waals surface area contributed by atoms with E-state index in [1.807, 2.05) is 20.8 Å². The van der Waals surface area contributed by atoms with Crippen molar-refractivity contribution in [3.8, 4) is 0 Å². The summed E-state index contributed by atoms with van der Waals surface area (Å²) in [5.74, 6) is -2.38. The fraction of sp³-hybridized carbons (Fsp3) is 0.462. The number of carbonyl (C=O) groups excluding carboxylic acids is 2. The van der Waals surface area contributed by atoms with Crippen LogP contribution in [0.4, 0.5) is 0 Å². The van der Waals surface area contributed by atoms with Crippen LogP contribution in [-0.2, 0) is 4.79 Å². The second kappa shape index (κ2) is 6.23. The molecule has 1 rings (SSSR count). The molecule has 3 N–H and O–H groups in total. The predicted octanol–water partition coefficient (Wildman–Crippen LogP) is 1.01. The van der Waals surface area contributed by atoms with Crippen LogP contribution in [0.3, 0.4) is 0 Å². The van der Waals surface area contributed by atoms with Crippen LogP contribution >= 0.6 is 0 Å². The van der Waals surface area contributed by atoms with Gasteiger partial charge in [-0.3, -0.25) is 9.59 Å². The number of amides is 2. The summed E-state index contributed by atoms with van der Waals surface area (Å²) in [5.41, 5.74) is -0.321. The third-order valence-electron chi connectivity index (χ3n) is 2.19. The number of furan rings is 1. The maximum atomic E-state index is 11.6. The molecule has 1 aromatic heterocycles. The van der Waals surface area contributed by atoms with E-state index in [2.05, 4.69) is 10.6 Å². The van der Waals surface area contributed by atoms with E-state index in [9.17, 15) is 14.4 Å². The molecule has 0 aliphatic rings. The van der Waals surface area contributed by atoms with Gasteiger partial charge in [0, 0.05) is 18.5 Å². The third kappa shape index (κ3) is 5.13. The van der Waals surface area contributed by atoms with Gasteiger partial charge >= 0.3 is 5.97 Å². The number of carboxylic acids is 1. The molecule has 0 radical (unpaired) electrons.